The van der Waals surface area contributed by atoms with Gasteiger partial charge in [-0.15, -0.1) is 11.8 Å². The predicted octanol–water partition coefficient (Wildman–Crippen LogP) is 5.96. The Morgan fingerprint density at radius 1 is 1.00 bits per heavy atom. The highest BCUT2D eigenvalue weighted by atomic mass is 32.2. The van der Waals surface area contributed by atoms with E-state index in [2.05, 4.69) is 10.2 Å². The average molecular weight is 492 g/mol. The number of urea groups is 1. The molecule has 1 aliphatic heterocycles. The van der Waals surface area contributed by atoms with Gasteiger partial charge in [0.15, 0.2) is 0 Å². The van der Waals surface area contributed by atoms with Crippen molar-refractivity contribution in [3.05, 3.63) is 84.4 Å². The van der Waals surface area contributed by atoms with Crippen molar-refractivity contribution in [2.24, 2.45) is 0 Å². The van der Waals surface area contributed by atoms with Gasteiger partial charge in [0.05, 0.1) is 13.2 Å². The van der Waals surface area contributed by atoms with Gasteiger partial charge < -0.3 is 19.7 Å². The van der Waals surface area contributed by atoms with Gasteiger partial charge in [-0.2, -0.15) is 0 Å². The SMILES string of the molecule is CSc1ccc(NC(=O)N(CCCN2CCOCC2)Cc2cccc(Oc3ccccc3)c2)cc1. The third-order valence-electron chi connectivity index (χ3n) is 5.89. The number of anilines is 1. The fourth-order valence-corrected chi connectivity index (χ4v) is 4.40. The maximum Gasteiger partial charge on any atom is 0.322 e. The standard InChI is InChI=1S/C28H33N3O3S/c1-35-27-13-11-24(12-14-27)29-28(32)31(16-6-15-30-17-19-33-20-18-30)22-23-7-5-10-26(21-23)34-25-8-3-2-4-9-25/h2-5,7-14,21H,6,15-20,22H2,1H3,(H,29,32). The molecule has 3 aromatic carbocycles. The van der Waals surface area contributed by atoms with Gasteiger partial charge in [0.2, 0.25) is 0 Å². The maximum atomic E-state index is 13.3. The lowest BCUT2D eigenvalue weighted by Crippen LogP contribution is -2.40. The first kappa shape index (κ1) is 25.1. The largest absolute Gasteiger partial charge is 0.457 e. The van der Waals surface area contributed by atoms with Crippen molar-refractivity contribution < 1.29 is 14.3 Å². The molecular weight excluding hydrogens is 458 g/mol. The van der Waals surface area contributed by atoms with Crippen LogP contribution < -0.4 is 10.1 Å². The first-order chi connectivity index (χ1) is 17.2. The van der Waals surface area contributed by atoms with Gasteiger partial charge >= 0.3 is 6.03 Å². The molecule has 184 valence electrons. The molecule has 0 unspecified atom stereocenters. The molecule has 35 heavy (non-hydrogen) atoms. The number of benzene rings is 3. The number of para-hydroxylation sites is 1. The molecule has 0 aromatic heterocycles. The fraction of sp³-hybridized carbons (Fsp3) is 0.321. The van der Waals surface area contributed by atoms with Gasteiger partial charge in [0.1, 0.15) is 11.5 Å². The fourth-order valence-electron chi connectivity index (χ4n) is 3.99. The molecule has 1 N–H and O–H groups in total. The summed E-state index contributed by atoms with van der Waals surface area (Å²) in [6.45, 7) is 5.58. The Labute approximate surface area is 212 Å². The second-order valence-electron chi connectivity index (χ2n) is 8.45. The van der Waals surface area contributed by atoms with Crippen LogP contribution in [0.5, 0.6) is 11.5 Å². The van der Waals surface area contributed by atoms with Crippen molar-refractivity contribution in [3.8, 4) is 11.5 Å². The van der Waals surface area contributed by atoms with Crippen LogP contribution in [0.3, 0.4) is 0 Å². The Hall–Kier alpha value is -3.00. The zero-order valence-corrected chi connectivity index (χ0v) is 21.0. The second kappa shape index (κ2) is 13.2. The van der Waals surface area contributed by atoms with Crippen LogP contribution in [0.4, 0.5) is 10.5 Å². The van der Waals surface area contributed by atoms with E-state index < -0.39 is 0 Å². The van der Waals surface area contributed by atoms with Gasteiger partial charge in [-0.05, 0) is 66.8 Å². The van der Waals surface area contributed by atoms with Crippen LogP contribution in [-0.2, 0) is 11.3 Å². The highest BCUT2D eigenvalue weighted by Gasteiger charge is 2.16. The van der Waals surface area contributed by atoms with Crippen LogP contribution in [0.15, 0.2) is 83.8 Å². The zero-order valence-electron chi connectivity index (χ0n) is 20.2. The molecule has 1 saturated heterocycles. The third kappa shape index (κ3) is 8.02. The summed E-state index contributed by atoms with van der Waals surface area (Å²) < 4.78 is 11.5. The molecule has 1 heterocycles. The van der Waals surface area contributed by atoms with Crippen LogP contribution in [0.25, 0.3) is 0 Å². The maximum absolute atomic E-state index is 13.3. The molecule has 6 nitrogen and oxygen atoms in total. The van der Waals surface area contributed by atoms with Gasteiger partial charge in [0, 0.05) is 43.3 Å². The smallest absolute Gasteiger partial charge is 0.322 e. The van der Waals surface area contributed by atoms with E-state index in [1.54, 1.807) is 11.8 Å². The van der Waals surface area contributed by atoms with Gasteiger partial charge in [-0.1, -0.05) is 30.3 Å². The minimum absolute atomic E-state index is 0.0988. The molecule has 3 aromatic rings. The molecular formula is C28H33N3O3S. The number of rotatable bonds is 10. The van der Waals surface area contributed by atoms with Crippen molar-refractivity contribution in [1.29, 1.82) is 0 Å². The van der Waals surface area contributed by atoms with Gasteiger partial charge in [0.25, 0.3) is 0 Å². The van der Waals surface area contributed by atoms with Crippen molar-refractivity contribution in [3.63, 3.8) is 0 Å². The summed E-state index contributed by atoms with van der Waals surface area (Å²) in [7, 11) is 0. The lowest BCUT2D eigenvalue weighted by Gasteiger charge is -2.28. The van der Waals surface area contributed by atoms with E-state index in [1.807, 2.05) is 90.0 Å². The lowest BCUT2D eigenvalue weighted by atomic mass is 10.2. The summed E-state index contributed by atoms with van der Waals surface area (Å²) in [5.41, 5.74) is 1.82. The highest BCUT2D eigenvalue weighted by molar-refractivity contribution is 7.98. The number of hydrogen-bond acceptors (Lipinski definition) is 5. The third-order valence-corrected chi connectivity index (χ3v) is 6.63. The number of hydrogen-bond donors (Lipinski definition) is 1. The van der Waals surface area contributed by atoms with Crippen molar-refractivity contribution in [1.82, 2.24) is 9.80 Å². The Balaban J connectivity index is 1.42. The van der Waals surface area contributed by atoms with E-state index in [0.29, 0.717) is 13.1 Å². The highest BCUT2D eigenvalue weighted by Crippen LogP contribution is 2.23. The first-order valence-corrected chi connectivity index (χ1v) is 13.2. The summed E-state index contributed by atoms with van der Waals surface area (Å²) >= 11 is 1.68. The number of carbonyl (C=O) groups is 1. The molecule has 0 aliphatic carbocycles. The summed E-state index contributed by atoms with van der Waals surface area (Å²) in [5, 5.41) is 3.07. The topological polar surface area (TPSA) is 54.0 Å². The zero-order chi connectivity index (χ0) is 24.3. The Morgan fingerprint density at radius 3 is 2.49 bits per heavy atom. The van der Waals surface area contributed by atoms with Crippen LogP contribution in [0, 0.1) is 0 Å². The molecule has 2 amide bonds. The predicted molar refractivity (Wildman–Crippen MR) is 142 cm³/mol. The van der Waals surface area contributed by atoms with E-state index in [9.17, 15) is 4.79 Å². The minimum atomic E-state index is -0.0988. The molecule has 1 fully saturated rings. The Morgan fingerprint density at radius 2 is 1.74 bits per heavy atom. The second-order valence-corrected chi connectivity index (χ2v) is 9.33. The Bertz CT molecular complexity index is 1060. The Kier molecular flexibility index (Phi) is 9.46. The summed E-state index contributed by atoms with van der Waals surface area (Å²) in [5.74, 6) is 1.55. The average Bonchev–Trinajstić information content (AvgIpc) is 2.90. The molecule has 0 spiro atoms. The summed E-state index contributed by atoms with van der Waals surface area (Å²) in [6.07, 6.45) is 2.94. The van der Waals surface area contributed by atoms with Crippen molar-refractivity contribution in [2.75, 3.05) is 51.0 Å². The monoisotopic (exact) mass is 491 g/mol. The molecule has 0 radical (unpaired) electrons. The number of thioether (sulfide) groups is 1. The normalized spacial score (nSPS) is 13.9. The minimum Gasteiger partial charge on any atom is -0.457 e. The number of morpholine rings is 1. The van der Waals surface area contributed by atoms with Crippen LogP contribution in [-0.4, -0.2) is 61.5 Å². The summed E-state index contributed by atoms with van der Waals surface area (Å²) in [6, 6.07) is 25.5. The van der Waals surface area contributed by atoms with E-state index in [-0.39, 0.29) is 6.03 Å². The number of amides is 2. The van der Waals surface area contributed by atoms with Crippen LogP contribution in [0.2, 0.25) is 0 Å². The van der Waals surface area contributed by atoms with Gasteiger partial charge in [-0.3, -0.25) is 4.90 Å². The molecule has 0 atom stereocenters. The number of ether oxygens (including phenoxy) is 2. The van der Waals surface area contributed by atoms with Gasteiger partial charge in [-0.25, -0.2) is 4.79 Å². The molecule has 7 heteroatoms. The lowest BCUT2D eigenvalue weighted by molar-refractivity contribution is 0.0365. The summed E-state index contributed by atoms with van der Waals surface area (Å²) in [4.78, 5) is 18.7. The number of nitrogens with one attached hydrogen (secondary N) is 1. The van der Waals surface area contributed by atoms with Crippen molar-refractivity contribution in [2.45, 2.75) is 17.9 Å². The molecule has 0 bridgehead atoms. The van der Waals surface area contributed by atoms with Crippen LogP contribution in [0.1, 0.15) is 12.0 Å². The first-order valence-electron chi connectivity index (χ1n) is 12.0. The van der Waals surface area contributed by atoms with Crippen molar-refractivity contribution >= 4 is 23.5 Å². The van der Waals surface area contributed by atoms with E-state index >= 15 is 0 Å². The van der Waals surface area contributed by atoms with E-state index in [1.165, 1.54) is 4.90 Å². The van der Waals surface area contributed by atoms with E-state index in [0.717, 1.165) is 62.0 Å². The quantitative estimate of drug-likeness (QED) is 0.355. The van der Waals surface area contributed by atoms with E-state index in [4.69, 9.17) is 9.47 Å². The molecule has 0 saturated carbocycles. The van der Waals surface area contributed by atoms with Crippen LogP contribution >= 0.6 is 11.8 Å². The number of nitrogens with zero attached hydrogens (tertiary/aromatic N) is 2. The number of carbonyl (C=O) groups excluding carboxylic acids is 1. The molecule has 1 aliphatic rings. The molecule has 4 rings (SSSR count).